The number of aromatic nitrogens is 4. The minimum absolute atomic E-state index is 0.107. The molecule has 0 saturated carbocycles. The number of rotatable bonds is 4. The number of imidazole rings is 1. The second-order valence-corrected chi connectivity index (χ2v) is 6.56. The summed E-state index contributed by atoms with van der Waals surface area (Å²) in [5, 5.41) is 7.09. The number of hydrogen-bond acceptors (Lipinski definition) is 5. The van der Waals surface area contributed by atoms with Crippen molar-refractivity contribution < 1.29 is 9.53 Å². The molecule has 122 valence electrons. The first-order valence-electron chi connectivity index (χ1n) is 7.71. The van der Waals surface area contributed by atoms with Crippen LogP contribution in [0.2, 0.25) is 0 Å². The molecule has 1 aliphatic rings. The zero-order valence-electron chi connectivity index (χ0n) is 12.9. The number of aromatic amines is 1. The van der Waals surface area contributed by atoms with E-state index in [1.807, 2.05) is 41.1 Å². The van der Waals surface area contributed by atoms with Crippen molar-refractivity contribution in [2.75, 3.05) is 5.75 Å². The number of carbonyl (C=O) groups is 1. The number of thioether (sulfide) groups is 1. The number of ether oxygens (including phenoxy) is 1. The smallest absolute Gasteiger partial charge is 0.359 e. The van der Waals surface area contributed by atoms with E-state index < -0.39 is 5.97 Å². The first-order chi connectivity index (χ1) is 11.8. The van der Waals surface area contributed by atoms with Crippen LogP contribution in [0.5, 0.6) is 0 Å². The molecular weight excluding hydrogens is 324 g/mol. The molecule has 3 aromatic rings. The van der Waals surface area contributed by atoms with Gasteiger partial charge in [-0.15, -0.1) is 0 Å². The molecule has 7 heteroatoms. The molecule has 0 bridgehead atoms. The fourth-order valence-electron chi connectivity index (χ4n) is 2.74. The van der Waals surface area contributed by atoms with Crippen molar-refractivity contribution in [1.82, 2.24) is 19.7 Å². The summed E-state index contributed by atoms with van der Waals surface area (Å²) in [6, 6.07) is 9.83. The van der Waals surface area contributed by atoms with E-state index in [4.69, 9.17) is 4.74 Å². The van der Waals surface area contributed by atoms with Crippen molar-refractivity contribution in [2.24, 2.45) is 0 Å². The van der Waals surface area contributed by atoms with E-state index in [9.17, 15) is 4.79 Å². The summed E-state index contributed by atoms with van der Waals surface area (Å²) in [7, 11) is 0. The normalized spacial score (nSPS) is 13.5. The average Bonchev–Trinajstić information content (AvgIpc) is 3.27. The molecule has 1 aliphatic heterocycles. The Morgan fingerprint density at radius 2 is 2.21 bits per heavy atom. The molecule has 0 spiro atoms. The van der Waals surface area contributed by atoms with Gasteiger partial charge in [0.15, 0.2) is 11.5 Å². The van der Waals surface area contributed by atoms with Crippen LogP contribution in [0.15, 0.2) is 42.7 Å². The zero-order chi connectivity index (χ0) is 16.4. The number of benzene rings is 1. The summed E-state index contributed by atoms with van der Waals surface area (Å²) < 4.78 is 7.35. The molecule has 3 heterocycles. The van der Waals surface area contributed by atoms with Crippen molar-refractivity contribution in [3.05, 3.63) is 65.5 Å². The van der Waals surface area contributed by atoms with E-state index in [1.165, 1.54) is 0 Å². The lowest BCUT2D eigenvalue weighted by molar-refractivity contribution is 0.0452. The van der Waals surface area contributed by atoms with Crippen LogP contribution in [-0.2, 0) is 23.5 Å². The van der Waals surface area contributed by atoms with Gasteiger partial charge in [0.2, 0.25) is 0 Å². The summed E-state index contributed by atoms with van der Waals surface area (Å²) in [4.78, 5) is 16.7. The highest BCUT2D eigenvalue weighted by molar-refractivity contribution is 7.98. The fraction of sp³-hybridized carbons (Fsp3) is 0.235. The van der Waals surface area contributed by atoms with Gasteiger partial charge in [0, 0.05) is 35.1 Å². The topological polar surface area (TPSA) is 72.8 Å². The Labute approximate surface area is 143 Å². The molecule has 0 saturated heterocycles. The van der Waals surface area contributed by atoms with Gasteiger partial charge in [0.1, 0.15) is 6.61 Å². The predicted octanol–water partition coefficient (Wildman–Crippen LogP) is 2.74. The number of nitrogens with one attached hydrogen (secondary N) is 1. The maximum Gasteiger partial charge on any atom is 0.359 e. The summed E-state index contributed by atoms with van der Waals surface area (Å²) in [6.07, 6.45) is 4.47. The lowest BCUT2D eigenvalue weighted by Crippen LogP contribution is -2.12. The molecule has 0 aliphatic carbocycles. The van der Waals surface area contributed by atoms with E-state index in [0.717, 1.165) is 34.9 Å². The van der Waals surface area contributed by atoms with E-state index in [1.54, 1.807) is 18.0 Å². The highest BCUT2D eigenvalue weighted by Crippen LogP contribution is 2.26. The molecule has 6 nitrogen and oxygen atoms in total. The van der Waals surface area contributed by atoms with Crippen LogP contribution in [0.3, 0.4) is 0 Å². The van der Waals surface area contributed by atoms with Gasteiger partial charge in [0.05, 0.1) is 0 Å². The second kappa shape index (κ2) is 6.52. The number of para-hydroxylation sites is 1. The number of hydrogen-bond donors (Lipinski definition) is 1. The van der Waals surface area contributed by atoms with E-state index in [2.05, 4.69) is 15.2 Å². The number of esters is 1. The van der Waals surface area contributed by atoms with Crippen LogP contribution < -0.4 is 0 Å². The predicted molar refractivity (Wildman–Crippen MR) is 91.1 cm³/mol. The van der Waals surface area contributed by atoms with Crippen LogP contribution in [-0.4, -0.2) is 31.5 Å². The van der Waals surface area contributed by atoms with Gasteiger partial charge in [-0.05, 0) is 24.3 Å². The minimum Gasteiger partial charge on any atom is -0.453 e. The molecule has 0 radical (unpaired) electrons. The van der Waals surface area contributed by atoms with Gasteiger partial charge >= 0.3 is 5.97 Å². The third kappa shape index (κ3) is 2.82. The molecule has 0 amide bonds. The van der Waals surface area contributed by atoms with Crippen molar-refractivity contribution in [3.8, 4) is 5.69 Å². The maximum atomic E-state index is 12.4. The van der Waals surface area contributed by atoms with Crippen LogP contribution in [0.1, 0.15) is 27.6 Å². The van der Waals surface area contributed by atoms with Crippen LogP contribution in [0, 0.1) is 0 Å². The Balaban J connectivity index is 1.49. The van der Waals surface area contributed by atoms with Crippen molar-refractivity contribution in [2.45, 2.75) is 18.8 Å². The van der Waals surface area contributed by atoms with E-state index in [-0.39, 0.29) is 6.61 Å². The Morgan fingerprint density at radius 3 is 3.08 bits per heavy atom. The molecule has 0 fully saturated rings. The molecule has 0 unspecified atom stereocenters. The van der Waals surface area contributed by atoms with Crippen LogP contribution in [0.4, 0.5) is 0 Å². The lowest BCUT2D eigenvalue weighted by Gasteiger charge is -2.11. The van der Waals surface area contributed by atoms with Gasteiger partial charge in [-0.1, -0.05) is 18.2 Å². The molecular formula is C17H16N4O2S. The molecule has 1 N–H and O–H groups in total. The third-order valence-corrected chi connectivity index (χ3v) is 4.96. The van der Waals surface area contributed by atoms with Crippen LogP contribution in [0.25, 0.3) is 5.69 Å². The zero-order valence-corrected chi connectivity index (χ0v) is 13.8. The standard InChI is InChI=1S/C17H16N4O2S/c22-17(16-13-11-24-9-6-14(13)19-20-16)23-10-15-18-7-8-21(15)12-4-2-1-3-5-12/h1-5,7-8H,6,9-11H2,(H,19,20). The van der Waals surface area contributed by atoms with Crippen LogP contribution >= 0.6 is 11.8 Å². The maximum absolute atomic E-state index is 12.4. The monoisotopic (exact) mass is 340 g/mol. The van der Waals surface area contributed by atoms with E-state index in [0.29, 0.717) is 11.5 Å². The molecule has 2 aromatic heterocycles. The van der Waals surface area contributed by atoms with Gasteiger partial charge in [0.25, 0.3) is 0 Å². The minimum atomic E-state index is -0.405. The van der Waals surface area contributed by atoms with Gasteiger partial charge in [-0.25, -0.2) is 9.78 Å². The molecule has 4 rings (SSSR count). The Hall–Kier alpha value is -2.54. The molecule has 24 heavy (non-hydrogen) atoms. The number of fused-ring (bicyclic) bond motifs is 1. The Kier molecular flexibility index (Phi) is 4.08. The molecule has 0 atom stereocenters. The Bertz CT molecular complexity index is 857. The SMILES string of the molecule is O=C(OCc1nccn1-c1ccccc1)c1n[nH]c2c1CSCC2. The quantitative estimate of drug-likeness (QED) is 0.739. The highest BCUT2D eigenvalue weighted by atomic mass is 32.2. The molecule has 1 aromatic carbocycles. The summed E-state index contributed by atoms with van der Waals surface area (Å²) in [6.45, 7) is 0.107. The third-order valence-electron chi connectivity index (χ3n) is 3.97. The lowest BCUT2D eigenvalue weighted by atomic mass is 10.1. The van der Waals surface area contributed by atoms with Gasteiger partial charge < -0.3 is 9.30 Å². The summed E-state index contributed by atoms with van der Waals surface area (Å²) in [5.74, 6) is 2.12. The van der Waals surface area contributed by atoms with Crippen molar-refractivity contribution in [1.29, 1.82) is 0 Å². The van der Waals surface area contributed by atoms with Crippen molar-refractivity contribution in [3.63, 3.8) is 0 Å². The largest absolute Gasteiger partial charge is 0.453 e. The number of H-pyrrole nitrogens is 1. The second-order valence-electron chi connectivity index (χ2n) is 5.46. The number of aryl methyl sites for hydroxylation is 1. The van der Waals surface area contributed by atoms with Gasteiger partial charge in [-0.3, -0.25) is 5.10 Å². The number of carbonyl (C=O) groups excluding carboxylic acids is 1. The van der Waals surface area contributed by atoms with Crippen molar-refractivity contribution >= 4 is 17.7 Å². The first-order valence-corrected chi connectivity index (χ1v) is 8.87. The van der Waals surface area contributed by atoms with E-state index >= 15 is 0 Å². The first kappa shape index (κ1) is 15.0. The fourth-order valence-corrected chi connectivity index (χ4v) is 3.75. The van der Waals surface area contributed by atoms with Gasteiger partial charge in [-0.2, -0.15) is 16.9 Å². The average molecular weight is 340 g/mol. The summed E-state index contributed by atoms with van der Waals surface area (Å²) in [5.41, 5.74) is 3.40. The summed E-state index contributed by atoms with van der Waals surface area (Å²) >= 11 is 1.81. The number of nitrogens with zero attached hydrogens (tertiary/aromatic N) is 3. The Morgan fingerprint density at radius 1 is 1.33 bits per heavy atom. The highest BCUT2D eigenvalue weighted by Gasteiger charge is 2.23.